The lowest BCUT2D eigenvalue weighted by molar-refractivity contribution is 0.582. The number of hydrogen-bond donors (Lipinski definition) is 1. The molecule has 0 aromatic heterocycles. The molecule has 0 spiro atoms. The maximum Gasteiger partial charge on any atom is 0.127 e. The smallest absolute Gasteiger partial charge is 0.127 e. The van der Waals surface area contributed by atoms with Crippen molar-refractivity contribution in [3.8, 4) is 11.8 Å². The summed E-state index contributed by atoms with van der Waals surface area (Å²) in [5.41, 5.74) is 5.40. The van der Waals surface area contributed by atoms with Gasteiger partial charge in [-0.05, 0) is 12.1 Å². The SMILES string of the molecule is NCC#Cc1cc(F)cc(F)c1. The molecule has 0 fully saturated rings. The fraction of sp³-hybridized carbons (Fsp3) is 0.111. The highest BCUT2D eigenvalue weighted by molar-refractivity contribution is 5.34. The Morgan fingerprint density at radius 2 is 1.75 bits per heavy atom. The summed E-state index contributed by atoms with van der Waals surface area (Å²) in [4.78, 5) is 0. The first kappa shape index (κ1) is 8.69. The first-order valence-corrected chi connectivity index (χ1v) is 3.37. The monoisotopic (exact) mass is 167 g/mol. The van der Waals surface area contributed by atoms with E-state index in [1.54, 1.807) is 0 Å². The molecule has 2 N–H and O–H groups in total. The summed E-state index contributed by atoms with van der Waals surface area (Å²) in [6.45, 7) is 0.179. The average molecular weight is 167 g/mol. The van der Waals surface area contributed by atoms with E-state index in [1.807, 2.05) is 0 Å². The molecule has 1 aromatic carbocycles. The van der Waals surface area contributed by atoms with Crippen molar-refractivity contribution in [3.63, 3.8) is 0 Å². The quantitative estimate of drug-likeness (QED) is 0.578. The standard InChI is InChI=1S/C9H7F2N/c10-8-4-7(2-1-3-12)5-9(11)6-8/h4-6H,3,12H2. The maximum absolute atomic E-state index is 12.5. The molecule has 0 radical (unpaired) electrons. The zero-order valence-electron chi connectivity index (χ0n) is 6.27. The number of rotatable bonds is 0. The van der Waals surface area contributed by atoms with Crippen molar-refractivity contribution in [2.24, 2.45) is 5.73 Å². The molecule has 1 nitrogen and oxygen atoms in total. The zero-order chi connectivity index (χ0) is 8.97. The van der Waals surface area contributed by atoms with Gasteiger partial charge in [0.1, 0.15) is 11.6 Å². The van der Waals surface area contributed by atoms with Gasteiger partial charge in [-0.15, -0.1) is 0 Å². The topological polar surface area (TPSA) is 26.0 Å². The van der Waals surface area contributed by atoms with E-state index in [0.29, 0.717) is 5.56 Å². The van der Waals surface area contributed by atoms with Gasteiger partial charge in [0.2, 0.25) is 0 Å². The van der Waals surface area contributed by atoms with Gasteiger partial charge < -0.3 is 5.73 Å². The number of hydrogen-bond acceptors (Lipinski definition) is 1. The fourth-order valence-electron chi connectivity index (χ4n) is 0.779. The second kappa shape index (κ2) is 3.84. The van der Waals surface area contributed by atoms with Gasteiger partial charge in [-0.3, -0.25) is 0 Å². The van der Waals surface area contributed by atoms with Crippen LogP contribution in [0.5, 0.6) is 0 Å². The lowest BCUT2D eigenvalue weighted by atomic mass is 10.2. The molecular formula is C9H7F2N. The Balaban J connectivity index is 3.01. The van der Waals surface area contributed by atoms with Crippen molar-refractivity contribution >= 4 is 0 Å². The van der Waals surface area contributed by atoms with Crippen LogP contribution < -0.4 is 5.73 Å². The molecule has 12 heavy (non-hydrogen) atoms. The largest absolute Gasteiger partial charge is 0.320 e. The lowest BCUT2D eigenvalue weighted by Crippen LogP contribution is -1.93. The van der Waals surface area contributed by atoms with Crippen LogP contribution in [0.15, 0.2) is 18.2 Å². The third-order valence-electron chi connectivity index (χ3n) is 1.20. The van der Waals surface area contributed by atoms with Crippen LogP contribution in [0.3, 0.4) is 0 Å². The molecule has 0 atom stereocenters. The third-order valence-corrected chi connectivity index (χ3v) is 1.20. The van der Waals surface area contributed by atoms with Gasteiger partial charge in [-0.2, -0.15) is 0 Å². The molecule has 0 heterocycles. The van der Waals surface area contributed by atoms with Crippen LogP contribution >= 0.6 is 0 Å². The van der Waals surface area contributed by atoms with Crippen LogP contribution in [-0.2, 0) is 0 Å². The highest BCUT2D eigenvalue weighted by Crippen LogP contribution is 2.05. The Morgan fingerprint density at radius 3 is 2.25 bits per heavy atom. The first-order chi connectivity index (χ1) is 5.72. The van der Waals surface area contributed by atoms with Gasteiger partial charge in [-0.1, -0.05) is 11.8 Å². The van der Waals surface area contributed by atoms with Crippen LogP contribution in [0.4, 0.5) is 8.78 Å². The molecule has 0 amide bonds. The van der Waals surface area contributed by atoms with Crippen molar-refractivity contribution in [1.82, 2.24) is 0 Å². The Hall–Kier alpha value is -1.40. The van der Waals surface area contributed by atoms with Crippen molar-refractivity contribution in [2.75, 3.05) is 6.54 Å². The summed E-state index contributed by atoms with van der Waals surface area (Å²) in [6.07, 6.45) is 0. The van der Waals surface area contributed by atoms with Crippen molar-refractivity contribution in [1.29, 1.82) is 0 Å². The molecular weight excluding hydrogens is 160 g/mol. The predicted octanol–water partition coefficient (Wildman–Crippen LogP) is 1.28. The first-order valence-electron chi connectivity index (χ1n) is 3.37. The summed E-state index contributed by atoms with van der Waals surface area (Å²) in [5.74, 6) is 3.78. The molecule has 0 unspecified atom stereocenters. The van der Waals surface area contributed by atoms with Crippen molar-refractivity contribution in [2.45, 2.75) is 0 Å². The lowest BCUT2D eigenvalue weighted by Gasteiger charge is -1.91. The average Bonchev–Trinajstić information content (AvgIpc) is 1.99. The van der Waals surface area contributed by atoms with Crippen LogP contribution in [0.25, 0.3) is 0 Å². The van der Waals surface area contributed by atoms with Gasteiger partial charge in [0.15, 0.2) is 0 Å². The number of nitrogens with two attached hydrogens (primary N) is 1. The van der Waals surface area contributed by atoms with Crippen molar-refractivity contribution < 1.29 is 8.78 Å². The molecule has 3 heteroatoms. The molecule has 62 valence electrons. The summed E-state index contributed by atoms with van der Waals surface area (Å²) in [5, 5.41) is 0. The molecule has 0 aliphatic carbocycles. The van der Waals surface area contributed by atoms with Crippen LogP contribution in [0.1, 0.15) is 5.56 Å². The Kier molecular flexibility index (Phi) is 2.78. The maximum atomic E-state index is 12.5. The summed E-state index contributed by atoms with van der Waals surface area (Å²) in [6, 6.07) is 3.12. The Labute approximate surface area is 69.2 Å². The molecule has 0 saturated heterocycles. The Morgan fingerprint density at radius 1 is 1.17 bits per heavy atom. The van der Waals surface area contributed by atoms with E-state index >= 15 is 0 Å². The van der Waals surface area contributed by atoms with Gasteiger partial charge in [0.25, 0.3) is 0 Å². The van der Waals surface area contributed by atoms with E-state index < -0.39 is 11.6 Å². The molecule has 0 bridgehead atoms. The highest BCUT2D eigenvalue weighted by atomic mass is 19.1. The number of halogens is 2. The predicted molar refractivity (Wildman–Crippen MR) is 42.3 cm³/mol. The number of benzene rings is 1. The van der Waals surface area contributed by atoms with Crippen LogP contribution in [-0.4, -0.2) is 6.54 Å². The van der Waals surface area contributed by atoms with E-state index in [2.05, 4.69) is 11.8 Å². The summed E-state index contributed by atoms with van der Waals surface area (Å²) >= 11 is 0. The molecule has 0 saturated carbocycles. The van der Waals surface area contributed by atoms with E-state index in [1.165, 1.54) is 0 Å². The highest BCUT2D eigenvalue weighted by Gasteiger charge is 1.96. The van der Waals surface area contributed by atoms with E-state index in [4.69, 9.17) is 5.73 Å². The second-order valence-corrected chi connectivity index (χ2v) is 2.16. The zero-order valence-corrected chi connectivity index (χ0v) is 6.27. The third kappa shape index (κ3) is 2.33. The second-order valence-electron chi connectivity index (χ2n) is 2.16. The van der Waals surface area contributed by atoms with E-state index in [9.17, 15) is 8.78 Å². The summed E-state index contributed by atoms with van der Waals surface area (Å²) < 4.78 is 25.0. The Bertz CT molecular complexity index is 316. The minimum atomic E-state index is -0.628. The van der Waals surface area contributed by atoms with Gasteiger partial charge >= 0.3 is 0 Å². The van der Waals surface area contributed by atoms with Crippen LogP contribution in [0.2, 0.25) is 0 Å². The molecule has 0 aliphatic rings. The fourth-order valence-corrected chi connectivity index (χ4v) is 0.779. The van der Waals surface area contributed by atoms with E-state index in [0.717, 1.165) is 18.2 Å². The van der Waals surface area contributed by atoms with Crippen LogP contribution in [0, 0.1) is 23.5 Å². The van der Waals surface area contributed by atoms with E-state index in [-0.39, 0.29) is 6.54 Å². The molecule has 0 aliphatic heterocycles. The summed E-state index contributed by atoms with van der Waals surface area (Å²) in [7, 11) is 0. The molecule has 1 rings (SSSR count). The van der Waals surface area contributed by atoms with Crippen molar-refractivity contribution in [3.05, 3.63) is 35.4 Å². The van der Waals surface area contributed by atoms with Gasteiger partial charge in [0.05, 0.1) is 6.54 Å². The normalized spacial score (nSPS) is 8.92. The van der Waals surface area contributed by atoms with Gasteiger partial charge in [0, 0.05) is 11.6 Å². The van der Waals surface area contributed by atoms with Gasteiger partial charge in [-0.25, -0.2) is 8.78 Å². The minimum Gasteiger partial charge on any atom is -0.320 e. The molecule has 1 aromatic rings. The minimum absolute atomic E-state index is 0.179.